The SMILES string of the molecule is CC(C)(CF)C(=O)Nc1ccc(NS(=O)(=O)c2cccc3cc(C(=O)O)ccc23)cc1. The van der Waals surface area contributed by atoms with Crippen LogP contribution in [0.1, 0.15) is 24.2 Å². The number of carboxylic acid groups (broad SMARTS) is 1. The molecule has 0 fully saturated rings. The molecule has 3 N–H and O–H groups in total. The summed E-state index contributed by atoms with van der Waals surface area (Å²) in [6.45, 7) is 2.15. The Kier molecular flexibility index (Phi) is 5.99. The van der Waals surface area contributed by atoms with Crippen molar-refractivity contribution in [2.24, 2.45) is 5.41 Å². The van der Waals surface area contributed by atoms with Gasteiger partial charge in [-0.1, -0.05) is 18.2 Å². The predicted molar refractivity (Wildman–Crippen MR) is 117 cm³/mol. The van der Waals surface area contributed by atoms with Gasteiger partial charge in [0.2, 0.25) is 5.91 Å². The van der Waals surface area contributed by atoms with Crippen LogP contribution in [0, 0.1) is 5.41 Å². The molecule has 0 atom stereocenters. The van der Waals surface area contributed by atoms with Crippen LogP contribution in [0.15, 0.2) is 65.6 Å². The Labute approximate surface area is 179 Å². The van der Waals surface area contributed by atoms with E-state index in [1.165, 1.54) is 68.4 Å². The highest BCUT2D eigenvalue weighted by Crippen LogP contribution is 2.27. The number of benzene rings is 3. The van der Waals surface area contributed by atoms with Gasteiger partial charge in [-0.25, -0.2) is 17.6 Å². The molecular formula is C22H21FN2O5S. The van der Waals surface area contributed by atoms with Crippen LogP contribution in [0.25, 0.3) is 10.8 Å². The number of carbonyl (C=O) groups excluding carboxylic acids is 1. The number of anilines is 2. The van der Waals surface area contributed by atoms with Gasteiger partial charge in [0.15, 0.2) is 0 Å². The number of alkyl halides is 1. The lowest BCUT2D eigenvalue weighted by Gasteiger charge is -2.19. The normalized spacial score (nSPS) is 11.8. The molecule has 0 unspecified atom stereocenters. The van der Waals surface area contributed by atoms with Crippen molar-refractivity contribution in [3.8, 4) is 0 Å². The smallest absolute Gasteiger partial charge is 0.335 e. The van der Waals surface area contributed by atoms with Gasteiger partial charge in [-0.2, -0.15) is 0 Å². The lowest BCUT2D eigenvalue weighted by Crippen LogP contribution is -2.32. The van der Waals surface area contributed by atoms with Gasteiger partial charge in [-0.15, -0.1) is 0 Å². The van der Waals surface area contributed by atoms with Gasteiger partial charge in [0.25, 0.3) is 10.0 Å². The van der Waals surface area contributed by atoms with Crippen LogP contribution < -0.4 is 10.0 Å². The number of amides is 1. The molecule has 0 aromatic heterocycles. The van der Waals surface area contributed by atoms with Crippen molar-refractivity contribution in [1.82, 2.24) is 0 Å². The van der Waals surface area contributed by atoms with E-state index in [-0.39, 0.29) is 16.1 Å². The number of fused-ring (bicyclic) bond motifs is 1. The Morgan fingerprint density at radius 1 is 1.00 bits per heavy atom. The van der Waals surface area contributed by atoms with Gasteiger partial charge in [0.05, 0.1) is 15.9 Å². The lowest BCUT2D eigenvalue weighted by molar-refractivity contribution is -0.124. The third-order valence-corrected chi connectivity index (χ3v) is 6.16. The molecule has 0 aliphatic rings. The number of carbonyl (C=O) groups is 2. The number of hydrogen-bond acceptors (Lipinski definition) is 4. The zero-order chi connectivity index (χ0) is 22.8. The fraction of sp³-hybridized carbons (Fsp3) is 0.182. The minimum absolute atomic E-state index is 0.00372. The number of nitrogens with one attached hydrogen (secondary N) is 2. The molecule has 0 saturated heterocycles. The van der Waals surface area contributed by atoms with Crippen LogP contribution in [0.4, 0.5) is 15.8 Å². The first kappa shape index (κ1) is 22.2. The van der Waals surface area contributed by atoms with Crippen molar-refractivity contribution >= 4 is 44.0 Å². The standard InChI is InChI=1S/C22H21FN2O5S/c1-22(2,13-23)21(28)24-16-7-9-17(10-8-16)25-31(29,30)19-5-3-4-14-12-15(20(26)27)6-11-18(14)19/h3-12,25H,13H2,1-2H3,(H,24,28)(H,26,27). The van der Waals surface area contributed by atoms with Crippen molar-refractivity contribution in [2.45, 2.75) is 18.7 Å². The summed E-state index contributed by atoms with van der Waals surface area (Å²) in [5.41, 5.74) is -0.443. The first-order chi connectivity index (χ1) is 14.5. The van der Waals surface area contributed by atoms with Gasteiger partial charge in [0, 0.05) is 16.8 Å². The molecule has 0 spiro atoms. The van der Waals surface area contributed by atoms with Crippen LogP contribution >= 0.6 is 0 Å². The van der Waals surface area contributed by atoms with Gasteiger partial charge < -0.3 is 10.4 Å². The molecular weight excluding hydrogens is 423 g/mol. The highest BCUT2D eigenvalue weighted by atomic mass is 32.2. The molecule has 0 bridgehead atoms. The van der Waals surface area contributed by atoms with Crippen LogP contribution in [0.5, 0.6) is 0 Å². The van der Waals surface area contributed by atoms with E-state index in [0.717, 1.165) is 0 Å². The summed E-state index contributed by atoms with van der Waals surface area (Å²) in [5, 5.41) is 12.6. The average Bonchev–Trinajstić information content (AvgIpc) is 2.73. The maximum absolute atomic E-state index is 12.9. The van der Waals surface area contributed by atoms with Crippen LogP contribution in [0.3, 0.4) is 0 Å². The fourth-order valence-electron chi connectivity index (χ4n) is 2.81. The number of carboxylic acids is 1. The largest absolute Gasteiger partial charge is 0.478 e. The van der Waals surface area contributed by atoms with E-state index in [1.54, 1.807) is 6.07 Å². The molecule has 0 aliphatic carbocycles. The molecule has 9 heteroatoms. The molecule has 1 amide bonds. The monoisotopic (exact) mass is 444 g/mol. The van der Waals surface area contributed by atoms with Gasteiger partial charge >= 0.3 is 5.97 Å². The molecule has 3 rings (SSSR count). The summed E-state index contributed by atoms with van der Waals surface area (Å²) >= 11 is 0. The van der Waals surface area contributed by atoms with E-state index in [0.29, 0.717) is 16.5 Å². The summed E-state index contributed by atoms with van der Waals surface area (Å²) < 4.78 is 41.3. The molecule has 0 saturated carbocycles. The molecule has 7 nitrogen and oxygen atoms in total. The molecule has 0 heterocycles. The third-order valence-electron chi connectivity index (χ3n) is 4.72. The zero-order valence-electron chi connectivity index (χ0n) is 16.8. The van der Waals surface area contributed by atoms with Crippen LogP contribution in [-0.2, 0) is 14.8 Å². The van der Waals surface area contributed by atoms with Gasteiger partial charge in [-0.3, -0.25) is 9.52 Å². The Balaban J connectivity index is 1.84. The number of rotatable bonds is 7. The number of hydrogen-bond donors (Lipinski definition) is 3. The van der Waals surface area contributed by atoms with Gasteiger partial charge in [-0.05, 0) is 61.7 Å². The molecule has 3 aromatic rings. The zero-order valence-corrected chi connectivity index (χ0v) is 17.7. The average molecular weight is 444 g/mol. The van der Waals surface area contributed by atoms with E-state index in [2.05, 4.69) is 10.0 Å². The predicted octanol–water partition coefficient (Wildman–Crippen LogP) is 4.27. The van der Waals surface area contributed by atoms with Crippen LogP contribution in [-0.4, -0.2) is 32.1 Å². The lowest BCUT2D eigenvalue weighted by atomic mass is 9.94. The summed E-state index contributed by atoms with van der Waals surface area (Å²) in [5.74, 6) is -1.59. The third kappa shape index (κ3) is 4.83. The quantitative estimate of drug-likeness (QED) is 0.504. The van der Waals surface area contributed by atoms with E-state index < -0.39 is 34.0 Å². The second kappa shape index (κ2) is 8.35. The maximum Gasteiger partial charge on any atom is 0.335 e. The fourth-order valence-corrected chi connectivity index (χ4v) is 4.10. The molecule has 0 radical (unpaired) electrons. The van der Waals surface area contributed by atoms with Crippen molar-refractivity contribution in [1.29, 1.82) is 0 Å². The Morgan fingerprint density at radius 3 is 2.26 bits per heavy atom. The van der Waals surface area contributed by atoms with E-state index >= 15 is 0 Å². The Morgan fingerprint density at radius 2 is 1.65 bits per heavy atom. The topological polar surface area (TPSA) is 113 Å². The summed E-state index contributed by atoms with van der Waals surface area (Å²) in [6, 6.07) is 14.8. The number of aromatic carboxylic acids is 1. The van der Waals surface area contributed by atoms with Crippen molar-refractivity contribution in [2.75, 3.05) is 16.7 Å². The van der Waals surface area contributed by atoms with Crippen LogP contribution in [0.2, 0.25) is 0 Å². The Hall–Kier alpha value is -3.46. The summed E-state index contributed by atoms with van der Waals surface area (Å²) in [6.07, 6.45) is 0. The van der Waals surface area contributed by atoms with Crippen molar-refractivity contribution in [3.05, 3.63) is 66.2 Å². The minimum atomic E-state index is -3.97. The van der Waals surface area contributed by atoms with E-state index in [1.807, 2.05) is 0 Å². The van der Waals surface area contributed by atoms with E-state index in [9.17, 15) is 22.4 Å². The van der Waals surface area contributed by atoms with Gasteiger partial charge in [0.1, 0.15) is 6.67 Å². The second-order valence-corrected chi connectivity index (χ2v) is 9.30. The molecule has 0 aliphatic heterocycles. The first-order valence-corrected chi connectivity index (χ1v) is 10.8. The maximum atomic E-state index is 12.9. The van der Waals surface area contributed by atoms with E-state index in [4.69, 9.17) is 5.11 Å². The highest BCUT2D eigenvalue weighted by Gasteiger charge is 2.27. The minimum Gasteiger partial charge on any atom is -0.478 e. The first-order valence-electron chi connectivity index (χ1n) is 9.30. The summed E-state index contributed by atoms with van der Waals surface area (Å²) in [4.78, 5) is 23.2. The molecule has 162 valence electrons. The Bertz CT molecular complexity index is 1250. The molecule has 31 heavy (non-hydrogen) atoms. The number of halogens is 1. The molecule has 3 aromatic carbocycles. The highest BCUT2D eigenvalue weighted by molar-refractivity contribution is 7.93. The van der Waals surface area contributed by atoms with Crippen molar-refractivity contribution < 1.29 is 27.5 Å². The van der Waals surface area contributed by atoms with Crippen molar-refractivity contribution in [3.63, 3.8) is 0 Å². The second-order valence-electron chi connectivity index (χ2n) is 7.65. The number of sulfonamides is 1. The summed E-state index contributed by atoms with van der Waals surface area (Å²) in [7, 11) is -3.97.